The number of hydrogen-bond acceptors (Lipinski definition) is 4. The molecule has 0 aromatic carbocycles. The topological polar surface area (TPSA) is 76.0 Å². The summed E-state index contributed by atoms with van der Waals surface area (Å²) in [5.41, 5.74) is -1.12. The third kappa shape index (κ3) is 9.25. The van der Waals surface area contributed by atoms with E-state index in [0.29, 0.717) is 38.7 Å². The molecule has 1 saturated carbocycles. The van der Waals surface area contributed by atoms with Crippen LogP contribution in [0, 0.1) is 11.3 Å². The molecule has 2 fully saturated rings. The quantitative estimate of drug-likeness (QED) is 0.198. The van der Waals surface area contributed by atoms with Crippen molar-refractivity contribution in [1.82, 2.24) is 0 Å². The Morgan fingerprint density at radius 2 is 1.91 bits per heavy atom. The predicted octanol–water partition coefficient (Wildman–Crippen LogP) is 6.48. The van der Waals surface area contributed by atoms with Crippen LogP contribution in [0.4, 0.5) is 8.78 Å². The minimum absolute atomic E-state index is 0.130. The van der Waals surface area contributed by atoms with Gasteiger partial charge in [-0.05, 0) is 57.3 Å². The molecule has 0 aromatic heterocycles. The van der Waals surface area contributed by atoms with Gasteiger partial charge in [0.1, 0.15) is 0 Å². The normalized spacial score (nSPS) is 29.2. The first-order valence-electron chi connectivity index (χ1n) is 13.0. The van der Waals surface area contributed by atoms with Crippen molar-refractivity contribution >= 4 is 5.97 Å². The number of unbranched alkanes of at least 4 members (excludes halogenated alkanes) is 5. The van der Waals surface area contributed by atoms with Gasteiger partial charge in [0.25, 0.3) is 0 Å². The fourth-order valence-electron chi connectivity index (χ4n) is 5.41. The third-order valence-corrected chi connectivity index (χ3v) is 7.38. The molecule has 0 bridgehead atoms. The molecular weight excluding hydrogens is 430 g/mol. The Bertz CT molecular complexity index is 579. The Morgan fingerprint density at radius 3 is 2.58 bits per heavy atom. The molecule has 0 radical (unpaired) electrons. The molecule has 5 atom stereocenters. The van der Waals surface area contributed by atoms with Crippen LogP contribution in [-0.2, 0) is 14.3 Å². The monoisotopic (exact) mass is 474 g/mol. The minimum atomic E-state index is -2.45. The molecule has 0 spiro atoms. The third-order valence-electron chi connectivity index (χ3n) is 7.38. The van der Waals surface area contributed by atoms with Gasteiger partial charge in [0.2, 0.25) is 6.43 Å². The van der Waals surface area contributed by atoms with Gasteiger partial charge in [-0.1, -0.05) is 57.6 Å². The first kappa shape index (κ1) is 28.2. The summed E-state index contributed by atoms with van der Waals surface area (Å²) in [6, 6.07) is 0. The Labute approximate surface area is 197 Å². The number of alkyl halides is 2. The number of carboxylic acid groups (broad SMARTS) is 1. The van der Waals surface area contributed by atoms with Crippen molar-refractivity contribution in [1.29, 1.82) is 0 Å². The predicted molar refractivity (Wildman–Crippen MR) is 124 cm³/mol. The molecule has 0 aromatic rings. The van der Waals surface area contributed by atoms with Crippen molar-refractivity contribution < 1.29 is 33.3 Å². The summed E-state index contributed by atoms with van der Waals surface area (Å²) < 4.78 is 39.9. The maximum atomic E-state index is 14.3. The standard InChI is InChI=1S/C26H44F2O5/c1-2-3-4-5-6-10-16-26(25(27)28)17-15-22(29)21(26)13-8-7-12-20(19-23(30)31)33-24-14-9-11-18-32-24/h7-8,20-22,24-25,29H,2-6,9-19H2,1H3,(H,30,31)/t20?,21-,22-,24?,26+/m0/s1. The van der Waals surface area contributed by atoms with Gasteiger partial charge in [0.05, 0.1) is 18.6 Å². The van der Waals surface area contributed by atoms with E-state index in [1.807, 2.05) is 12.2 Å². The molecule has 0 amide bonds. The number of allylic oxidation sites excluding steroid dienone is 1. The van der Waals surface area contributed by atoms with E-state index in [1.54, 1.807) is 0 Å². The summed E-state index contributed by atoms with van der Waals surface area (Å²) in [5.74, 6) is -1.41. The minimum Gasteiger partial charge on any atom is -0.481 e. The van der Waals surface area contributed by atoms with Crippen molar-refractivity contribution in [2.45, 2.75) is 128 Å². The molecule has 2 unspecified atom stereocenters. The van der Waals surface area contributed by atoms with Crippen LogP contribution in [0.5, 0.6) is 0 Å². The first-order valence-corrected chi connectivity index (χ1v) is 13.0. The fourth-order valence-corrected chi connectivity index (χ4v) is 5.41. The number of halogens is 2. The van der Waals surface area contributed by atoms with Crippen LogP contribution in [0.1, 0.15) is 103 Å². The van der Waals surface area contributed by atoms with Gasteiger partial charge >= 0.3 is 5.97 Å². The van der Waals surface area contributed by atoms with Crippen LogP contribution in [0.25, 0.3) is 0 Å². The van der Waals surface area contributed by atoms with Crippen LogP contribution in [0.15, 0.2) is 12.2 Å². The van der Waals surface area contributed by atoms with E-state index in [9.17, 15) is 23.8 Å². The average Bonchev–Trinajstić information content (AvgIpc) is 3.10. The Kier molecular flexibility index (Phi) is 12.9. The molecule has 1 aliphatic heterocycles. The fraction of sp³-hybridized carbons (Fsp3) is 0.885. The van der Waals surface area contributed by atoms with E-state index in [4.69, 9.17) is 9.47 Å². The molecule has 2 aliphatic rings. The molecule has 1 saturated heterocycles. The second kappa shape index (κ2) is 15.0. The molecule has 192 valence electrons. The highest BCUT2D eigenvalue weighted by Crippen LogP contribution is 2.52. The van der Waals surface area contributed by atoms with E-state index in [1.165, 1.54) is 6.42 Å². The average molecular weight is 475 g/mol. The van der Waals surface area contributed by atoms with Crippen LogP contribution in [0.3, 0.4) is 0 Å². The molecule has 2 rings (SSSR count). The van der Waals surface area contributed by atoms with Crippen LogP contribution in [-0.4, -0.2) is 47.7 Å². The van der Waals surface area contributed by atoms with Crippen molar-refractivity contribution in [3.8, 4) is 0 Å². The maximum Gasteiger partial charge on any atom is 0.305 e. The lowest BCUT2D eigenvalue weighted by Gasteiger charge is -2.35. The van der Waals surface area contributed by atoms with Gasteiger partial charge in [-0.2, -0.15) is 0 Å². The lowest BCUT2D eigenvalue weighted by molar-refractivity contribution is -0.191. The first-order chi connectivity index (χ1) is 15.9. The van der Waals surface area contributed by atoms with Gasteiger partial charge in [-0.25, -0.2) is 8.78 Å². The lowest BCUT2D eigenvalue weighted by atomic mass is 9.72. The molecule has 1 heterocycles. The van der Waals surface area contributed by atoms with E-state index in [2.05, 4.69) is 6.92 Å². The molecule has 33 heavy (non-hydrogen) atoms. The van der Waals surface area contributed by atoms with Gasteiger partial charge in [-0.3, -0.25) is 4.79 Å². The summed E-state index contributed by atoms with van der Waals surface area (Å²) in [5, 5.41) is 19.7. The Morgan fingerprint density at radius 1 is 1.15 bits per heavy atom. The zero-order valence-corrected chi connectivity index (χ0v) is 20.2. The van der Waals surface area contributed by atoms with Gasteiger partial charge in [0, 0.05) is 12.0 Å². The number of aliphatic hydroxyl groups excluding tert-OH is 1. The number of rotatable bonds is 16. The Balaban J connectivity index is 1.90. The number of aliphatic carboxylic acids is 1. The van der Waals surface area contributed by atoms with E-state index < -0.39 is 35.9 Å². The van der Waals surface area contributed by atoms with Crippen molar-refractivity contribution in [2.75, 3.05) is 6.61 Å². The number of ether oxygens (including phenoxy) is 2. The van der Waals surface area contributed by atoms with Gasteiger partial charge in [0.15, 0.2) is 6.29 Å². The highest BCUT2D eigenvalue weighted by Gasteiger charge is 2.52. The van der Waals surface area contributed by atoms with Crippen LogP contribution < -0.4 is 0 Å². The van der Waals surface area contributed by atoms with Crippen LogP contribution in [0.2, 0.25) is 0 Å². The molecule has 2 N–H and O–H groups in total. The van der Waals surface area contributed by atoms with Crippen molar-refractivity contribution in [3.63, 3.8) is 0 Å². The van der Waals surface area contributed by atoms with Gasteiger partial charge < -0.3 is 19.7 Å². The summed E-state index contributed by atoms with van der Waals surface area (Å²) in [6.07, 6.45) is 10.5. The summed E-state index contributed by atoms with van der Waals surface area (Å²) >= 11 is 0. The largest absolute Gasteiger partial charge is 0.481 e. The van der Waals surface area contributed by atoms with E-state index in [0.717, 1.165) is 51.4 Å². The number of aliphatic hydroxyl groups is 1. The van der Waals surface area contributed by atoms with E-state index >= 15 is 0 Å². The zero-order chi connectivity index (χ0) is 24.1. The summed E-state index contributed by atoms with van der Waals surface area (Å²) in [7, 11) is 0. The van der Waals surface area contributed by atoms with Crippen LogP contribution >= 0.6 is 0 Å². The van der Waals surface area contributed by atoms with Crippen molar-refractivity contribution in [3.05, 3.63) is 12.2 Å². The number of hydrogen-bond donors (Lipinski definition) is 2. The van der Waals surface area contributed by atoms with E-state index in [-0.39, 0.29) is 12.7 Å². The highest BCUT2D eigenvalue weighted by atomic mass is 19.3. The summed E-state index contributed by atoms with van der Waals surface area (Å²) in [6.45, 7) is 2.78. The van der Waals surface area contributed by atoms with Crippen molar-refractivity contribution in [2.24, 2.45) is 11.3 Å². The molecular formula is C26H44F2O5. The van der Waals surface area contributed by atoms with Gasteiger partial charge in [-0.15, -0.1) is 0 Å². The second-order valence-corrected chi connectivity index (χ2v) is 9.86. The lowest BCUT2D eigenvalue weighted by Crippen LogP contribution is -2.37. The smallest absolute Gasteiger partial charge is 0.305 e. The maximum absolute atomic E-state index is 14.3. The molecule has 1 aliphatic carbocycles. The SMILES string of the molecule is CCCCCCCC[C@@]1(C(F)F)CC[C@H](O)[C@@H]1CC=CCC(CC(=O)O)OC1CCCCO1. The molecule has 7 heteroatoms. The molecule has 5 nitrogen and oxygen atoms in total. The Hall–Kier alpha value is -1.05. The number of carboxylic acids is 1. The number of carbonyl (C=O) groups is 1. The highest BCUT2D eigenvalue weighted by molar-refractivity contribution is 5.67. The second-order valence-electron chi connectivity index (χ2n) is 9.86. The summed E-state index contributed by atoms with van der Waals surface area (Å²) in [4.78, 5) is 11.2. The zero-order valence-electron chi connectivity index (χ0n) is 20.2.